The van der Waals surface area contributed by atoms with Gasteiger partial charge in [0, 0.05) is 13.2 Å². The lowest BCUT2D eigenvalue weighted by atomic mass is 9.78. The summed E-state index contributed by atoms with van der Waals surface area (Å²) in [6.45, 7) is 3.82. The zero-order chi connectivity index (χ0) is 14.3. The van der Waals surface area contributed by atoms with Crippen LogP contribution in [-0.2, 0) is 14.3 Å². The highest BCUT2D eigenvalue weighted by Crippen LogP contribution is 2.29. The third-order valence-corrected chi connectivity index (χ3v) is 3.71. The van der Waals surface area contributed by atoms with Crippen molar-refractivity contribution in [2.75, 3.05) is 26.8 Å². The van der Waals surface area contributed by atoms with Gasteiger partial charge in [0.2, 0.25) is 5.91 Å². The first-order valence-electron chi connectivity index (χ1n) is 6.76. The number of rotatable bonds is 7. The van der Waals surface area contributed by atoms with Gasteiger partial charge in [0.1, 0.15) is 0 Å². The zero-order valence-electron chi connectivity index (χ0n) is 11.7. The van der Waals surface area contributed by atoms with Crippen LogP contribution in [0.4, 0.5) is 0 Å². The van der Waals surface area contributed by atoms with E-state index >= 15 is 0 Å². The molecule has 3 N–H and O–H groups in total. The van der Waals surface area contributed by atoms with Gasteiger partial charge in [0.05, 0.1) is 18.4 Å². The van der Waals surface area contributed by atoms with Gasteiger partial charge in [0.15, 0.2) is 0 Å². The molecule has 0 aromatic carbocycles. The number of amides is 1. The van der Waals surface area contributed by atoms with Crippen molar-refractivity contribution < 1.29 is 19.4 Å². The Morgan fingerprint density at radius 1 is 1.42 bits per heavy atom. The van der Waals surface area contributed by atoms with Gasteiger partial charge < -0.3 is 20.5 Å². The molecule has 19 heavy (non-hydrogen) atoms. The van der Waals surface area contributed by atoms with Gasteiger partial charge in [-0.25, -0.2) is 0 Å². The van der Waals surface area contributed by atoms with E-state index < -0.39 is 11.4 Å². The highest BCUT2D eigenvalue weighted by Gasteiger charge is 2.40. The van der Waals surface area contributed by atoms with E-state index in [9.17, 15) is 9.59 Å². The molecule has 110 valence electrons. The molecule has 0 aromatic rings. The maximum Gasteiger partial charge on any atom is 0.305 e. The van der Waals surface area contributed by atoms with Crippen molar-refractivity contribution in [3.63, 3.8) is 0 Å². The minimum Gasteiger partial charge on any atom is -0.481 e. The molecule has 1 heterocycles. The molecule has 1 aliphatic rings. The summed E-state index contributed by atoms with van der Waals surface area (Å²) >= 11 is 0. The van der Waals surface area contributed by atoms with Gasteiger partial charge >= 0.3 is 5.97 Å². The Hall–Kier alpha value is -1.14. The lowest BCUT2D eigenvalue weighted by molar-refractivity contribution is -0.139. The Labute approximate surface area is 113 Å². The first kappa shape index (κ1) is 15.9. The van der Waals surface area contributed by atoms with E-state index in [2.05, 4.69) is 10.6 Å². The molecule has 1 rings (SSSR count). The number of carboxylic acid groups (broad SMARTS) is 1. The maximum atomic E-state index is 12.4. The van der Waals surface area contributed by atoms with Crippen LogP contribution < -0.4 is 10.6 Å². The lowest BCUT2D eigenvalue weighted by Crippen LogP contribution is -2.52. The van der Waals surface area contributed by atoms with Crippen LogP contribution in [-0.4, -0.2) is 49.8 Å². The molecular formula is C13H24N2O4. The van der Waals surface area contributed by atoms with E-state index in [1.54, 1.807) is 7.11 Å². The number of aliphatic carboxylic acids is 1. The summed E-state index contributed by atoms with van der Waals surface area (Å²) < 4.78 is 5.20. The second-order valence-electron chi connectivity index (χ2n) is 5.14. The molecule has 1 aliphatic heterocycles. The number of methoxy groups -OCH3 is 1. The van der Waals surface area contributed by atoms with Crippen molar-refractivity contribution in [2.24, 2.45) is 5.41 Å². The molecule has 1 atom stereocenters. The fourth-order valence-electron chi connectivity index (χ4n) is 2.47. The monoisotopic (exact) mass is 272 g/mol. The van der Waals surface area contributed by atoms with Gasteiger partial charge in [-0.2, -0.15) is 0 Å². The topological polar surface area (TPSA) is 87.7 Å². The summed E-state index contributed by atoms with van der Waals surface area (Å²) in [4.78, 5) is 23.2. The Kier molecular flexibility index (Phi) is 6.24. The lowest BCUT2D eigenvalue weighted by Gasteiger charge is -2.36. The number of piperidine rings is 1. The van der Waals surface area contributed by atoms with Crippen LogP contribution in [0.2, 0.25) is 0 Å². The molecular weight excluding hydrogens is 248 g/mol. The van der Waals surface area contributed by atoms with Gasteiger partial charge in [-0.3, -0.25) is 9.59 Å². The maximum absolute atomic E-state index is 12.4. The Bertz CT molecular complexity index is 308. The zero-order valence-corrected chi connectivity index (χ0v) is 11.7. The number of carbonyl (C=O) groups is 2. The molecule has 1 fully saturated rings. The standard InChI is InChI=1S/C13H24N2O4/c1-3-10(8-11(16)17)15-12(18)13(9-19-2)4-6-14-7-5-13/h10,14H,3-9H2,1-2H3,(H,15,18)(H,16,17). The number of ether oxygens (including phenoxy) is 1. The summed E-state index contributed by atoms with van der Waals surface area (Å²) in [5.41, 5.74) is -0.522. The van der Waals surface area contributed by atoms with Crippen LogP contribution in [0.15, 0.2) is 0 Å². The molecule has 1 unspecified atom stereocenters. The van der Waals surface area contributed by atoms with Crippen LogP contribution in [0.25, 0.3) is 0 Å². The molecule has 0 aliphatic carbocycles. The highest BCUT2D eigenvalue weighted by molar-refractivity contribution is 5.83. The molecule has 0 aromatic heterocycles. The van der Waals surface area contributed by atoms with Gasteiger partial charge in [0.25, 0.3) is 0 Å². The van der Waals surface area contributed by atoms with Crippen LogP contribution in [0, 0.1) is 5.41 Å². The van der Waals surface area contributed by atoms with Crippen molar-refractivity contribution in [1.29, 1.82) is 0 Å². The third-order valence-electron chi connectivity index (χ3n) is 3.71. The van der Waals surface area contributed by atoms with E-state index in [1.807, 2.05) is 6.92 Å². The molecule has 6 nitrogen and oxygen atoms in total. The summed E-state index contributed by atoms with van der Waals surface area (Å²) in [5, 5.41) is 14.9. The second-order valence-corrected chi connectivity index (χ2v) is 5.14. The van der Waals surface area contributed by atoms with Crippen molar-refractivity contribution in [3.05, 3.63) is 0 Å². The molecule has 1 amide bonds. The summed E-state index contributed by atoms with van der Waals surface area (Å²) in [7, 11) is 1.59. The average Bonchev–Trinajstić information content (AvgIpc) is 2.38. The summed E-state index contributed by atoms with van der Waals surface area (Å²) in [6.07, 6.45) is 2.01. The van der Waals surface area contributed by atoms with Crippen LogP contribution in [0.1, 0.15) is 32.6 Å². The molecule has 0 spiro atoms. The van der Waals surface area contributed by atoms with Crippen LogP contribution >= 0.6 is 0 Å². The minimum atomic E-state index is -0.891. The molecule has 0 saturated carbocycles. The van der Waals surface area contributed by atoms with Gasteiger partial charge in [-0.05, 0) is 32.4 Å². The van der Waals surface area contributed by atoms with E-state index in [4.69, 9.17) is 9.84 Å². The van der Waals surface area contributed by atoms with E-state index in [0.29, 0.717) is 13.0 Å². The van der Waals surface area contributed by atoms with E-state index in [0.717, 1.165) is 25.9 Å². The molecule has 1 saturated heterocycles. The van der Waals surface area contributed by atoms with Gasteiger partial charge in [-0.15, -0.1) is 0 Å². The quantitative estimate of drug-likeness (QED) is 0.623. The third kappa shape index (κ3) is 4.47. The van der Waals surface area contributed by atoms with Crippen LogP contribution in [0.3, 0.4) is 0 Å². The number of hydrogen-bond acceptors (Lipinski definition) is 4. The molecule has 0 radical (unpaired) electrons. The summed E-state index contributed by atoms with van der Waals surface area (Å²) in [5.74, 6) is -0.970. The SMILES string of the molecule is CCC(CC(=O)O)NC(=O)C1(COC)CCNCC1. The number of nitrogens with one attached hydrogen (secondary N) is 2. The Balaban J connectivity index is 2.67. The van der Waals surface area contributed by atoms with Crippen molar-refractivity contribution in [1.82, 2.24) is 10.6 Å². The van der Waals surface area contributed by atoms with Crippen molar-refractivity contribution in [3.8, 4) is 0 Å². The largest absolute Gasteiger partial charge is 0.481 e. The van der Waals surface area contributed by atoms with Crippen LogP contribution in [0.5, 0.6) is 0 Å². The van der Waals surface area contributed by atoms with Crippen molar-refractivity contribution >= 4 is 11.9 Å². The normalized spacial score (nSPS) is 19.7. The second kappa shape index (κ2) is 7.45. The van der Waals surface area contributed by atoms with E-state index in [-0.39, 0.29) is 18.4 Å². The fourth-order valence-corrected chi connectivity index (χ4v) is 2.47. The van der Waals surface area contributed by atoms with Gasteiger partial charge in [-0.1, -0.05) is 6.92 Å². The number of hydrogen-bond donors (Lipinski definition) is 3. The predicted octanol–water partition coefficient (Wildman–Crippen LogP) is 0.372. The first-order valence-corrected chi connectivity index (χ1v) is 6.76. The number of carboxylic acids is 1. The highest BCUT2D eigenvalue weighted by atomic mass is 16.5. The number of carbonyl (C=O) groups excluding carboxylic acids is 1. The fraction of sp³-hybridized carbons (Fsp3) is 0.846. The predicted molar refractivity (Wildman–Crippen MR) is 70.9 cm³/mol. The smallest absolute Gasteiger partial charge is 0.305 e. The van der Waals surface area contributed by atoms with E-state index in [1.165, 1.54) is 0 Å². The molecule has 0 bridgehead atoms. The Morgan fingerprint density at radius 3 is 2.53 bits per heavy atom. The summed E-state index contributed by atoms with van der Waals surface area (Å²) in [6, 6.07) is -0.311. The average molecular weight is 272 g/mol. The first-order chi connectivity index (χ1) is 9.04. The minimum absolute atomic E-state index is 0.0381. The Morgan fingerprint density at radius 2 is 2.05 bits per heavy atom. The van der Waals surface area contributed by atoms with Crippen molar-refractivity contribution in [2.45, 2.75) is 38.6 Å². The molecule has 6 heteroatoms.